The van der Waals surface area contributed by atoms with Crippen LogP contribution in [-0.4, -0.2) is 34.9 Å². The molecule has 0 aliphatic heterocycles. The largest absolute Gasteiger partial charge is 0.440 e. The highest BCUT2D eigenvalue weighted by Crippen LogP contribution is 2.39. The monoisotopic (exact) mass is 276 g/mol. The summed E-state index contributed by atoms with van der Waals surface area (Å²) in [5, 5.41) is 8.86. The number of ether oxygens (including phenoxy) is 1. The quantitative estimate of drug-likeness (QED) is 0.664. The number of rotatable bonds is 4. The first-order valence-corrected chi connectivity index (χ1v) is 6.50. The molecule has 0 aromatic heterocycles. The van der Waals surface area contributed by atoms with E-state index in [2.05, 4.69) is 0 Å². The van der Waals surface area contributed by atoms with Gasteiger partial charge in [0.1, 0.15) is 6.61 Å². The van der Waals surface area contributed by atoms with Gasteiger partial charge in [-0.05, 0) is 6.42 Å². The fraction of sp³-hybridized carbons (Fsp3) is 0.400. The number of fused-ring (bicyclic) bond motifs is 1. The summed E-state index contributed by atoms with van der Waals surface area (Å²) in [6, 6.07) is 6.41. The summed E-state index contributed by atoms with van der Waals surface area (Å²) in [6.45, 7) is 2.63. The molecule has 20 heavy (non-hydrogen) atoms. The fourth-order valence-electron chi connectivity index (χ4n) is 2.52. The lowest BCUT2D eigenvalue weighted by atomic mass is 9.82. The van der Waals surface area contributed by atoms with E-state index in [0.717, 1.165) is 0 Å². The van der Waals surface area contributed by atoms with Crippen LogP contribution < -0.4 is 0 Å². The zero-order valence-corrected chi connectivity index (χ0v) is 11.4. The van der Waals surface area contributed by atoms with Gasteiger partial charge in [-0.3, -0.25) is 9.59 Å². The van der Waals surface area contributed by atoms with Gasteiger partial charge in [-0.15, -0.1) is 0 Å². The highest BCUT2D eigenvalue weighted by Gasteiger charge is 2.58. The number of carbonyl (C=O) groups is 3. The molecule has 5 heteroatoms. The molecule has 1 atom stereocenters. The van der Waals surface area contributed by atoms with Gasteiger partial charge < -0.3 is 9.84 Å². The van der Waals surface area contributed by atoms with Gasteiger partial charge in [0.2, 0.25) is 17.2 Å². The normalized spacial score (nSPS) is 17.8. The Bertz CT molecular complexity index is 540. The van der Waals surface area contributed by atoms with E-state index in [1.165, 1.54) is 0 Å². The number of carbonyl (C=O) groups excluding carboxylic acids is 3. The molecule has 0 saturated heterocycles. The van der Waals surface area contributed by atoms with Crippen molar-refractivity contribution in [3.63, 3.8) is 0 Å². The van der Waals surface area contributed by atoms with Crippen LogP contribution in [0.25, 0.3) is 0 Å². The number of esters is 1. The average Bonchev–Trinajstić information content (AvgIpc) is 2.69. The summed E-state index contributed by atoms with van der Waals surface area (Å²) in [5.41, 5.74) is -1.30. The molecule has 0 heterocycles. The Kier molecular flexibility index (Phi) is 3.72. The van der Waals surface area contributed by atoms with E-state index in [-0.39, 0.29) is 11.1 Å². The van der Waals surface area contributed by atoms with E-state index in [1.807, 2.05) is 6.92 Å². The zero-order valence-electron chi connectivity index (χ0n) is 11.4. The third-order valence-electron chi connectivity index (χ3n) is 3.80. The zero-order chi connectivity index (χ0) is 14.9. The lowest BCUT2D eigenvalue weighted by Crippen LogP contribution is -2.51. The minimum atomic E-state index is -1.84. The standard InChI is InChI=1S/C15H16O5/c1-3-9(2)15(20-12(17)8-16)13(18)10-6-4-5-7-11(10)14(15)19/h4-7,9,16H,3,8H2,1-2H3. The van der Waals surface area contributed by atoms with Crippen LogP contribution in [0.2, 0.25) is 0 Å². The predicted octanol–water partition coefficient (Wildman–Crippen LogP) is 1.39. The maximum atomic E-state index is 12.6. The molecule has 5 nitrogen and oxygen atoms in total. The number of Topliss-reactive ketones (excluding diaryl/α,β-unsaturated/α-hetero) is 2. The van der Waals surface area contributed by atoms with Crippen molar-refractivity contribution in [2.24, 2.45) is 5.92 Å². The van der Waals surface area contributed by atoms with E-state index in [0.29, 0.717) is 6.42 Å². The second-order valence-corrected chi connectivity index (χ2v) is 4.88. The topological polar surface area (TPSA) is 80.7 Å². The summed E-state index contributed by atoms with van der Waals surface area (Å²) < 4.78 is 5.12. The Morgan fingerprint density at radius 1 is 1.25 bits per heavy atom. The van der Waals surface area contributed by atoms with Crippen molar-refractivity contribution in [1.82, 2.24) is 0 Å². The van der Waals surface area contributed by atoms with Crippen molar-refractivity contribution in [2.75, 3.05) is 6.61 Å². The number of aliphatic hydroxyl groups is 1. The van der Waals surface area contributed by atoms with Gasteiger partial charge in [-0.25, -0.2) is 4.79 Å². The SMILES string of the molecule is CCC(C)C1(OC(=O)CO)C(=O)c2ccccc2C1=O. The second kappa shape index (κ2) is 5.17. The van der Waals surface area contributed by atoms with Crippen LogP contribution in [-0.2, 0) is 9.53 Å². The smallest absolute Gasteiger partial charge is 0.333 e. The van der Waals surface area contributed by atoms with Gasteiger partial charge in [0.05, 0.1) is 0 Å². The third-order valence-corrected chi connectivity index (χ3v) is 3.80. The van der Waals surface area contributed by atoms with Crippen LogP contribution in [0.15, 0.2) is 24.3 Å². The summed E-state index contributed by atoms with van der Waals surface area (Å²) in [4.78, 5) is 36.7. The van der Waals surface area contributed by atoms with Gasteiger partial charge in [-0.1, -0.05) is 38.1 Å². The number of benzene rings is 1. The third kappa shape index (κ3) is 1.86. The van der Waals surface area contributed by atoms with Crippen molar-refractivity contribution < 1.29 is 24.2 Å². The van der Waals surface area contributed by atoms with Crippen LogP contribution in [0.5, 0.6) is 0 Å². The first-order valence-electron chi connectivity index (χ1n) is 6.50. The molecule has 1 aromatic carbocycles. The van der Waals surface area contributed by atoms with Crippen LogP contribution in [0.1, 0.15) is 41.0 Å². The van der Waals surface area contributed by atoms with Crippen molar-refractivity contribution in [2.45, 2.75) is 25.9 Å². The van der Waals surface area contributed by atoms with Gasteiger partial charge >= 0.3 is 5.97 Å². The van der Waals surface area contributed by atoms with Crippen LogP contribution in [0, 0.1) is 5.92 Å². The lowest BCUT2D eigenvalue weighted by molar-refractivity contribution is -0.158. The molecule has 1 aliphatic carbocycles. The number of hydrogen-bond donors (Lipinski definition) is 1. The number of hydrogen-bond acceptors (Lipinski definition) is 5. The molecule has 0 spiro atoms. The van der Waals surface area contributed by atoms with Crippen LogP contribution in [0.4, 0.5) is 0 Å². The van der Waals surface area contributed by atoms with Crippen LogP contribution in [0.3, 0.4) is 0 Å². The fourth-order valence-corrected chi connectivity index (χ4v) is 2.52. The van der Waals surface area contributed by atoms with Crippen molar-refractivity contribution in [3.8, 4) is 0 Å². The van der Waals surface area contributed by atoms with Gasteiger partial charge in [0, 0.05) is 17.0 Å². The van der Waals surface area contributed by atoms with Crippen molar-refractivity contribution in [3.05, 3.63) is 35.4 Å². The summed E-state index contributed by atoms with van der Waals surface area (Å²) in [7, 11) is 0. The molecular weight excluding hydrogens is 260 g/mol. The van der Waals surface area contributed by atoms with Crippen LogP contribution >= 0.6 is 0 Å². The van der Waals surface area contributed by atoms with Crippen molar-refractivity contribution >= 4 is 17.5 Å². The first-order chi connectivity index (χ1) is 9.48. The minimum Gasteiger partial charge on any atom is -0.440 e. The molecule has 2 rings (SSSR count). The molecule has 0 fully saturated rings. The average molecular weight is 276 g/mol. The highest BCUT2D eigenvalue weighted by atomic mass is 16.6. The molecular formula is C15H16O5. The van der Waals surface area contributed by atoms with Gasteiger partial charge in [-0.2, -0.15) is 0 Å². The Morgan fingerprint density at radius 2 is 1.75 bits per heavy atom. The molecule has 1 aliphatic rings. The van der Waals surface area contributed by atoms with Gasteiger partial charge in [0.25, 0.3) is 0 Å². The molecule has 0 saturated carbocycles. The summed E-state index contributed by atoms with van der Waals surface area (Å²) in [5.74, 6) is -2.45. The Hall–Kier alpha value is -2.01. The molecule has 1 unspecified atom stereocenters. The highest BCUT2D eigenvalue weighted by molar-refractivity contribution is 6.32. The number of aliphatic hydroxyl groups excluding tert-OH is 1. The van der Waals surface area contributed by atoms with E-state index >= 15 is 0 Å². The Morgan fingerprint density at radius 3 is 2.15 bits per heavy atom. The Labute approximate surface area is 116 Å². The lowest BCUT2D eigenvalue weighted by Gasteiger charge is -2.31. The Balaban J connectivity index is 2.57. The maximum Gasteiger partial charge on any atom is 0.333 e. The van der Waals surface area contributed by atoms with E-state index in [4.69, 9.17) is 9.84 Å². The first kappa shape index (κ1) is 14.4. The molecule has 1 aromatic rings. The molecule has 0 bridgehead atoms. The number of ketones is 2. The maximum absolute atomic E-state index is 12.6. The predicted molar refractivity (Wildman–Crippen MR) is 70.5 cm³/mol. The van der Waals surface area contributed by atoms with Crippen molar-refractivity contribution in [1.29, 1.82) is 0 Å². The van der Waals surface area contributed by atoms with E-state index in [1.54, 1.807) is 31.2 Å². The molecule has 0 radical (unpaired) electrons. The van der Waals surface area contributed by atoms with E-state index in [9.17, 15) is 14.4 Å². The van der Waals surface area contributed by atoms with Gasteiger partial charge in [0.15, 0.2) is 0 Å². The molecule has 1 N–H and O–H groups in total. The summed E-state index contributed by atoms with van der Waals surface area (Å²) >= 11 is 0. The second-order valence-electron chi connectivity index (χ2n) is 4.88. The van der Waals surface area contributed by atoms with E-state index < -0.39 is 35.7 Å². The summed E-state index contributed by atoms with van der Waals surface area (Å²) in [6.07, 6.45) is 0.490. The minimum absolute atomic E-state index is 0.267. The molecule has 0 amide bonds. The molecule has 106 valence electrons.